The van der Waals surface area contributed by atoms with Crippen LogP contribution in [0.3, 0.4) is 0 Å². The summed E-state index contributed by atoms with van der Waals surface area (Å²) < 4.78 is 12.0. The molecule has 1 aliphatic heterocycles. The van der Waals surface area contributed by atoms with Crippen LogP contribution in [0.4, 0.5) is 5.95 Å². The molecule has 2 heterocycles. The van der Waals surface area contributed by atoms with Gasteiger partial charge in [-0.2, -0.15) is 4.98 Å². The molecule has 0 radical (unpaired) electrons. The van der Waals surface area contributed by atoms with Crippen molar-refractivity contribution in [2.45, 2.75) is 18.1 Å². The first-order valence-corrected chi connectivity index (χ1v) is 8.52. The summed E-state index contributed by atoms with van der Waals surface area (Å²) in [7, 11) is 2.98. The number of ether oxygens (including phenoxy) is 2. The Morgan fingerprint density at radius 2 is 2.17 bits per heavy atom. The van der Waals surface area contributed by atoms with Crippen LogP contribution in [0, 0.1) is 0 Å². The first kappa shape index (κ1) is 16.4. The topological polar surface area (TPSA) is 78.3 Å². The second-order valence-corrected chi connectivity index (χ2v) is 5.97. The number of hydrogen-bond donors (Lipinski definition) is 1. The predicted octanol–water partition coefficient (Wildman–Crippen LogP) is 2.47. The number of nitrogens with zero attached hydrogens (tertiary/aromatic N) is 3. The van der Waals surface area contributed by atoms with Crippen LogP contribution in [-0.4, -0.2) is 41.2 Å². The van der Waals surface area contributed by atoms with E-state index < -0.39 is 12.0 Å². The van der Waals surface area contributed by atoms with E-state index in [1.54, 1.807) is 11.8 Å². The lowest BCUT2D eigenvalue weighted by Crippen LogP contribution is -2.29. The summed E-state index contributed by atoms with van der Waals surface area (Å²) in [4.78, 5) is 16.8. The Hall–Kier alpha value is -2.48. The zero-order valence-electron chi connectivity index (χ0n) is 13.9. The van der Waals surface area contributed by atoms with Crippen molar-refractivity contribution in [1.29, 1.82) is 0 Å². The van der Waals surface area contributed by atoms with E-state index in [1.807, 2.05) is 37.4 Å². The van der Waals surface area contributed by atoms with Gasteiger partial charge in [0.15, 0.2) is 0 Å². The zero-order chi connectivity index (χ0) is 17.3. The van der Waals surface area contributed by atoms with Gasteiger partial charge >= 0.3 is 5.97 Å². The lowest BCUT2D eigenvalue weighted by atomic mass is 9.95. The Morgan fingerprint density at radius 3 is 2.83 bits per heavy atom. The maximum atomic E-state index is 12.4. The molecule has 1 N–H and O–H groups in total. The van der Waals surface area contributed by atoms with Gasteiger partial charge in [-0.1, -0.05) is 23.9 Å². The Balaban J connectivity index is 2.19. The van der Waals surface area contributed by atoms with Gasteiger partial charge in [0, 0.05) is 5.70 Å². The molecule has 0 fully saturated rings. The zero-order valence-corrected chi connectivity index (χ0v) is 14.7. The average molecular weight is 346 g/mol. The van der Waals surface area contributed by atoms with Gasteiger partial charge in [0.1, 0.15) is 11.8 Å². The monoisotopic (exact) mass is 346 g/mol. The molecule has 0 amide bonds. The molecule has 1 atom stereocenters. The Bertz CT molecular complexity index is 815. The van der Waals surface area contributed by atoms with E-state index in [0.29, 0.717) is 28.1 Å². The summed E-state index contributed by atoms with van der Waals surface area (Å²) in [5.74, 6) is 0.900. The van der Waals surface area contributed by atoms with E-state index in [4.69, 9.17) is 9.47 Å². The molecule has 1 aromatic carbocycles. The number of fused-ring (bicyclic) bond motifs is 1. The number of thioether (sulfide) groups is 1. The fraction of sp³-hybridized carbons (Fsp3) is 0.312. The molecular formula is C16H18N4O3S. The molecule has 1 aromatic heterocycles. The van der Waals surface area contributed by atoms with Gasteiger partial charge < -0.3 is 14.8 Å². The van der Waals surface area contributed by atoms with Crippen molar-refractivity contribution in [2.24, 2.45) is 0 Å². The maximum Gasteiger partial charge on any atom is 0.338 e. The third kappa shape index (κ3) is 2.73. The SMILES string of the molecule is COC(=O)C1=C(C)Nc2nc(SC)nn2C1c1cccc(OC)c1. The molecule has 0 bridgehead atoms. The summed E-state index contributed by atoms with van der Waals surface area (Å²) in [5, 5.41) is 8.27. The molecule has 0 saturated carbocycles. The number of benzene rings is 1. The summed E-state index contributed by atoms with van der Waals surface area (Å²) in [6, 6.07) is 7.12. The Morgan fingerprint density at radius 1 is 1.38 bits per heavy atom. The molecule has 3 rings (SSSR count). The van der Waals surface area contributed by atoms with Crippen LogP contribution in [0.25, 0.3) is 0 Å². The van der Waals surface area contributed by atoms with Crippen LogP contribution in [0.5, 0.6) is 5.75 Å². The van der Waals surface area contributed by atoms with Gasteiger partial charge in [-0.15, -0.1) is 5.10 Å². The van der Waals surface area contributed by atoms with Crippen molar-refractivity contribution in [3.8, 4) is 5.75 Å². The molecule has 7 nitrogen and oxygen atoms in total. The molecule has 0 spiro atoms. The van der Waals surface area contributed by atoms with Crippen molar-refractivity contribution in [1.82, 2.24) is 14.8 Å². The highest BCUT2D eigenvalue weighted by Crippen LogP contribution is 2.37. The van der Waals surface area contributed by atoms with E-state index >= 15 is 0 Å². The summed E-state index contributed by atoms with van der Waals surface area (Å²) in [5.41, 5.74) is 2.06. The molecule has 1 aliphatic rings. The van der Waals surface area contributed by atoms with Gasteiger partial charge in [-0.05, 0) is 30.9 Å². The van der Waals surface area contributed by atoms with Gasteiger partial charge in [-0.3, -0.25) is 0 Å². The molecular weight excluding hydrogens is 328 g/mol. The molecule has 1 unspecified atom stereocenters. The van der Waals surface area contributed by atoms with E-state index in [-0.39, 0.29) is 0 Å². The van der Waals surface area contributed by atoms with E-state index in [2.05, 4.69) is 15.4 Å². The van der Waals surface area contributed by atoms with Gasteiger partial charge in [-0.25, -0.2) is 9.48 Å². The van der Waals surface area contributed by atoms with Gasteiger partial charge in [0.2, 0.25) is 11.1 Å². The summed E-state index contributed by atoms with van der Waals surface area (Å²) in [6.45, 7) is 1.83. The number of carbonyl (C=O) groups is 1. The number of allylic oxidation sites excluding steroid dienone is 1. The highest BCUT2D eigenvalue weighted by atomic mass is 32.2. The van der Waals surface area contributed by atoms with Crippen LogP contribution in [0.1, 0.15) is 18.5 Å². The number of anilines is 1. The van der Waals surface area contributed by atoms with Gasteiger partial charge in [0.05, 0.1) is 19.8 Å². The number of rotatable bonds is 4. The van der Waals surface area contributed by atoms with E-state index in [9.17, 15) is 4.79 Å². The van der Waals surface area contributed by atoms with Crippen LogP contribution in [-0.2, 0) is 9.53 Å². The molecule has 0 saturated heterocycles. The highest BCUT2D eigenvalue weighted by Gasteiger charge is 2.35. The minimum atomic E-state index is -0.433. The van der Waals surface area contributed by atoms with Crippen LogP contribution in [0.2, 0.25) is 0 Å². The van der Waals surface area contributed by atoms with Gasteiger partial charge in [0.25, 0.3) is 0 Å². The van der Waals surface area contributed by atoms with Crippen molar-refractivity contribution in [3.63, 3.8) is 0 Å². The second-order valence-electron chi connectivity index (χ2n) is 5.20. The van der Waals surface area contributed by atoms with E-state index in [0.717, 1.165) is 5.56 Å². The fourth-order valence-corrected chi connectivity index (χ4v) is 3.06. The molecule has 2 aromatic rings. The molecule has 8 heteroatoms. The summed E-state index contributed by atoms with van der Waals surface area (Å²) >= 11 is 1.44. The summed E-state index contributed by atoms with van der Waals surface area (Å²) in [6.07, 6.45) is 1.91. The quantitative estimate of drug-likeness (QED) is 0.673. The first-order chi connectivity index (χ1) is 11.6. The average Bonchev–Trinajstić information content (AvgIpc) is 3.02. The minimum absolute atomic E-state index is 0.403. The first-order valence-electron chi connectivity index (χ1n) is 7.29. The largest absolute Gasteiger partial charge is 0.497 e. The van der Waals surface area contributed by atoms with E-state index in [1.165, 1.54) is 18.9 Å². The lowest BCUT2D eigenvalue weighted by Gasteiger charge is -2.28. The maximum absolute atomic E-state index is 12.4. The number of hydrogen-bond acceptors (Lipinski definition) is 7. The highest BCUT2D eigenvalue weighted by molar-refractivity contribution is 7.98. The number of nitrogens with one attached hydrogen (secondary N) is 1. The number of aromatic nitrogens is 3. The van der Waals surface area contributed by atoms with Crippen LogP contribution >= 0.6 is 11.8 Å². The standard InChI is InChI=1S/C16H18N4O3S/c1-9-12(14(21)23-3)13(10-6-5-7-11(8-10)22-2)20-15(17-9)18-16(19-20)24-4/h5-8,13H,1-4H3,(H,17,18,19). The Kier molecular flexibility index (Phi) is 4.48. The second kappa shape index (κ2) is 6.56. The number of methoxy groups -OCH3 is 2. The van der Waals surface area contributed by atoms with Crippen LogP contribution in [0.15, 0.2) is 40.7 Å². The van der Waals surface area contributed by atoms with Crippen molar-refractivity contribution in [3.05, 3.63) is 41.1 Å². The molecule has 24 heavy (non-hydrogen) atoms. The Labute approximate surface area is 144 Å². The van der Waals surface area contributed by atoms with Crippen molar-refractivity contribution in [2.75, 3.05) is 25.8 Å². The smallest absolute Gasteiger partial charge is 0.338 e. The number of esters is 1. The van der Waals surface area contributed by atoms with Crippen molar-refractivity contribution >= 4 is 23.7 Å². The van der Waals surface area contributed by atoms with Crippen LogP contribution < -0.4 is 10.1 Å². The molecule has 0 aliphatic carbocycles. The molecule has 126 valence electrons. The fourth-order valence-electron chi connectivity index (χ4n) is 2.71. The lowest BCUT2D eigenvalue weighted by molar-refractivity contribution is -0.136. The minimum Gasteiger partial charge on any atom is -0.497 e. The third-order valence-corrected chi connectivity index (χ3v) is 4.37. The normalized spacial score (nSPS) is 16.4. The number of carbonyl (C=O) groups excluding carboxylic acids is 1. The third-order valence-electron chi connectivity index (χ3n) is 3.83. The van der Waals surface area contributed by atoms with Crippen molar-refractivity contribution < 1.29 is 14.3 Å². The predicted molar refractivity (Wildman–Crippen MR) is 91.3 cm³/mol.